The Labute approximate surface area is 266 Å². The Balaban J connectivity index is 1.40. The van der Waals surface area contributed by atoms with Gasteiger partial charge in [0.15, 0.2) is 5.78 Å². The summed E-state index contributed by atoms with van der Waals surface area (Å²) in [5, 5.41) is 3.24. The molecule has 234 valence electrons. The maximum atomic E-state index is 13.2. The van der Waals surface area contributed by atoms with Gasteiger partial charge in [0.05, 0.1) is 13.7 Å². The number of rotatable bonds is 16. The number of ketones is 1. The SMILES string of the molecule is CCC(CC)C(=O)N(CCOc1ccc(C[C@H](Nc2ccccc2C(=O)c2ccccc2)C(=O)OC)cc1)Cc1ccccc1. The molecule has 4 aromatic rings. The van der Waals surface area contributed by atoms with E-state index < -0.39 is 12.0 Å². The van der Waals surface area contributed by atoms with Crippen LogP contribution in [-0.4, -0.2) is 48.9 Å². The van der Waals surface area contributed by atoms with E-state index in [9.17, 15) is 14.4 Å². The zero-order chi connectivity index (χ0) is 32.0. The Morgan fingerprint density at radius 1 is 0.756 bits per heavy atom. The van der Waals surface area contributed by atoms with Crippen LogP contribution in [0.2, 0.25) is 0 Å². The van der Waals surface area contributed by atoms with E-state index in [4.69, 9.17) is 9.47 Å². The molecular weight excluding hydrogens is 564 g/mol. The molecule has 0 aromatic heterocycles. The second-order valence-electron chi connectivity index (χ2n) is 10.9. The van der Waals surface area contributed by atoms with E-state index in [1.807, 2.05) is 97.6 Å². The van der Waals surface area contributed by atoms with Crippen molar-refractivity contribution in [3.05, 3.63) is 131 Å². The normalized spacial score (nSPS) is 11.5. The number of anilines is 1. The second kappa shape index (κ2) is 16.8. The van der Waals surface area contributed by atoms with Crippen molar-refractivity contribution in [3.63, 3.8) is 0 Å². The van der Waals surface area contributed by atoms with Gasteiger partial charge in [-0.1, -0.05) is 98.8 Å². The maximum absolute atomic E-state index is 13.2. The van der Waals surface area contributed by atoms with Gasteiger partial charge in [-0.2, -0.15) is 0 Å². The van der Waals surface area contributed by atoms with Crippen LogP contribution in [0.5, 0.6) is 5.75 Å². The number of methoxy groups -OCH3 is 1. The van der Waals surface area contributed by atoms with Gasteiger partial charge in [0.2, 0.25) is 5.91 Å². The average Bonchev–Trinajstić information content (AvgIpc) is 3.09. The van der Waals surface area contributed by atoms with Crippen LogP contribution in [0.4, 0.5) is 5.69 Å². The van der Waals surface area contributed by atoms with E-state index in [0.29, 0.717) is 48.7 Å². The number of ether oxygens (including phenoxy) is 2. The van der Waals surface area contributed by atoms with Crippen molar-refractivity contribution in [3.8, 4) is 5.75 Å². The van der Waals surface area contributed by atoms with Crippen LogP contribution in [0.15, 0.2) is 109 Å². The van der Waals surface area contributed by atoms with Crippen LogP contribution in [0.1, 0.15) is 53.7 Å². The van der Waals surface area contributed by atoms with Gasteiger partial charge in [-0.05, 0) is 48.2 Å². The molecule has 4 aromatic carbocycles. The largest absolute Gasteiger partial charge is 0.492 e. The van der Waals surface area contributed by atoms with E-state index in [2.05, 4.69) is 5.32 Å². The Morgan fingerprint density at radius 2 is 1.38 bits per heavy atom. The standard InChI is InChI=1S/C38H42N2O5/c1-4-30(5-2)37(42)40(27-29-14-8-6-9-15-29)24-25-45-32-22-20-28(21-23-32)26-35(38(43)44-3)39-34-19-13-12-18-33(34)36(41)31-16-10-7-11-17-31/h6-23,30,35,39H,4-5,24-27H2,1-3H3/t35-/m0/s1. The second-order valence-corrected chi connectivity index (χ2v) is 10.9. The molecule has 1 amide bonds. The zero-order valence-corrected chi connectivity index (χ0v) is 26.3. The Morgan fingerprint density at radius 3 is 2.02 bits per heavy atom. The molecule has 0 saturated heterocycles. The molecule has 4 rings (SSSR count). The van der Waals surface area contributed by atoms with Crippen LogP contribution >= 0.6 is 0 Å². The highest BCUT2D eigenvalue weighted by molar-refractivity contribution is 6.12. The highest BCUT2D eigenvalue weighted by Crippen LogP contribution is 2.22. The number of nitrogens with one attached hydrogen (secondary N) is 1. The third-order valence-electron chi connectivity index (χ3n) is 7.88. The first kappa shape index (κ1) is 33.0. The van der Waals surface area contributed by atoms with Crippen LogP contribution in [0, 0.1) is 5.92 Å². The molecule has 0 aliphatic heterocycles. The number of carbonyl (C=O) groups is 3. The van der Waals surface area contributed by atoms with Crippen LogP contribution in [0.25, 0.3) is 0 Å². The molecule has 0 radical (unpaired) electrons. The van der Waals surface area contributed by atoms with Gasteiger partial charge in [0.1, 0.15) is 18.4 Å². The predicted molar refractivity (Wildman–Crippen MR) is 177 cm³/mol. The van der Waals surface area contributed by atoms with Crippen molar-refractivity contribution in [2.45, 2.75) is 45.7 Å². The third-order valence-corrected chi connectivity index (χ3v) is 7.88. The summed E-state index contributed by atoms with van der Waals surface area (Å²) in [4.78, 5) is 41.1. The van der Waals surface area contributed by atoms with Crippen molar-refractivity contribution in [1.29, 1.82) is 0 Å². The Hall–Kier alpha value is -4.91. The summed E-state index contributed by atoms with van der Waals surface area (Å²) in [6.07, 6.45) is 1.95. The molecule has 1 atom stereocenters. The minimum Gasteiger partial charge on any atom is -0.492 e. The highest BCUT2D eigenvalue weighted by atomic mass is 16.5. The van der Waals surface area contributed by atoms with Gasteiger partial charge in [-0.15, -0.1) is 0 Å². The topological polar surface area (TPSA) is 84.9 Å². The first-order valence-electron chi connectivity index (χ1n) is 15.5. The lowest BCUT2D eigenvalue weighted by Crippen LogP contribution is -2.38. The molecule has 0 saturated carbocycles. The van der Waals surface area contributed by atoms with E-state index in [1.54, 1.807) is 30.3 Å². The van der Waals surface area contributed by atoms with Gasteiger partial charge >= 0.3 is 5.97 Å². The first-order valence-corrected chi connectivity index (χ1v) is 15.5. The van der Waals surface area contributed by atoms with Crippen LogP contribution in [-0.2, 0) is 27.3 Å². The van der Waals surface area contributed by atoms with E-state index in [-0.39, 0.29) is 17.6 Å². The Kier molecular flexibility index (Phi) is 12.3. The van der Waals surface area contributed by atoms with Gasteiger partial charge in [0.25, 0.3) is 0 Å². The molecule has 45 heavy (non-hydrogen) atoms. The van der Waals surface area contributed by atoms with Crippen molar-refractivity contribution in [2.24, 2.45) is 5.92 Å². The number of benzene rings is 4. The average molecular weight is 607 g/mol. The summed E-state index contributed by atoms with van der Waals surface area (Å²) in [6.45, 7) is 5.47. The number of para-hydroxylation sites is 1. The summed E-state index contributed by atoms with van der Waals surface area (Å²) in [6, 6.07) is 33.0. The molecule has 7 nitrogen and oxygen atoms in total. The molecular formula is C38H42N2O5. The summed E-state index contributed by atoms with van der Waals surface area (Å²) >= 11 is 0. The number of hydrogen-bond donors (Lipinski definition) is 1. The molecule has 0 spiro atoms. The van der Waals surface area contributed by atoms with E-state index >= 15 is 0 Å². The molecule has 0 aliphatic carbocycles. The van der Waals surface area contributed by atoms with E-state index in [0.717, 1.165) is 24.0 Å². The molecule has 0 bridgehead atoms. The van der Waals surface area contributed by atoms with Crippen LogP contribution < -0.4 is 10.1 Å². The number of amides is 1. The molecule has 1 N–H and O–H groups in total. The fourth-order valence-corrected chi connectivity index (χ4v) is 5.27. The summed E-state index contributed by atoms with van der Waals surface area (Å²) in [7, 11) is 1.35. The minimum absolute atomic E-state index is 0.00668. The lowest BCUT2D eigenvalue weighted by Gasteiger charge is -2.27. The smallest absolute Gasteiger partial charge is 0.328 e. The van der Waals surface area contributed by atoms with Crippen molar-refractivity contribution in [1.82, 2.24) is 4.90 Å². The monoisotopic (exact) mass is 606 g/mol. The lowest BCUT2D eigenvalue weighted by atomic mass is 10.00. The van der Waals surface area contributed by atoms with Crippen molar-refractivity contribution >= 4 is 23.3 Å². The number of esters is 1. The fourth-order valence-electron chi connectivity index (χ4n) is 5.27. The number of nitrogens with zero attached hydrogens (tertiary/aromatic N) is 1. The third kappa shape index (κ3) is 9.29. The molecule has 0 unspecified atom stereocenters. The first-order chi connectivity index (χ1) is 21.9. The quantitative estimate of drug-likeness (QED) is 0.110. The number of carbonyl (C=O) groups excluding carboxylic acids is 3. The van der Waals surface area contributed by atoms with E-state index in [1.165, 1.54) is 7.11 Å². The summed E-state index contributed by atoms with van der Waals surface area (Å²) < 4.78 is 11.1. The van der Waals surface area contributed by atoms with Crippen LogP contribution in [0.3, 0.4) is 0 Å². The van der Waals surface area contributed by atoms with Crippen molar-refractivity contribution < 1.29 is 23.9 Å². The lowest BCUT2D eigenvalue weighted by molar-refractivity contribution is -0.141. The number of hydrogen-bond acceptors (Lipinski definition) is 6. The maximum Gasteiger partial charge on any atom is 0.328 e. The fraction of sp³-hybridized carbons (Fsp3) is 0.289. The molecule has 0 fully saturated rings. The molecule has 7 heteroatoms. The van der Waals surface area contributed by atoms with Gasteiger partial charge in [-0.25, -0.2) is 4.79 Å². The molecule has 0 aliphatic rings. The zero-order valence-electron chi connectivity index (χ0n) is 26.3. The van der Waals surface area contributed by atoms with Gasteiger partial charge in [0, 0.05) is 35.7 Å². The van der Waals surface area contributed by atoms with Gasteiger partial charge in [-0.3, -0.25) is 9.59 Å². The van der Waals surface area contributed by atoms with Gasteiger partial charge < -0.3 is 19.7 Å². The highest BCUT2D eigenvalue weighted by Gasteiger charge is 2.24. The van der Waals surface area contributed by atoms with Crippen molar-refractivity contribution in [2.75, 3.05) is 25.6 Å². The molecule has 0 heterocycles. The predicted octanol–water partition coefficient (Wildman–Crippen LogP) is 6.96. The minimum atomic E-state index is -0.714. The Bertz CT molecular complexity index is 1520. The summed E-state index contributed by atoms with van der Waals surface area (Å²) in [5.41, 5.74) is 3.59. The summed E-state index contributed by atoms with van der Waals surface area (Å²) in [5.74, 6) is 0.254.